The third kappa shape index (κ3) is 0.940. The molecule has 62 valence electrons. The van der Waals surface area contributed by atoms with Gasteiger partial charge in [0.05, 0.1) is 5.69 Å². The quantitative estimate of drug-likeness (QED) is 0.652. The van der Waals surface area contributed by atoms with Crippen molar-refractivity contribution in [1.29, 1.82) is 0 Å². The summed E-state index contributed by atoms with van der Waals surface area (Å²) in [6.07, 6.45) is 0. The minimum atomic E-state index is 0.218. The molecule has 2 nitrogen and oxygen atoms in total. The van der Waals surface area contributed by atoms with Crippen LogP contribution in [-0.4, -0.2) is 5.11 Å². The van der Waals surface area contributed by atoms with Crippen LogP contribution in [-0.2, 0) is 0 Å². The number of benzene rings is 1. The van der Waals surface area contributed by atoms with Crippen LogP contribution in [0.1, 0.15) is 5.56 Å². The van der Waals surface area contributed by atoms with Crippen LogP contribution in [0.15, 0.2) is 18.2 Å². The SMILES string of the molecule is Cc1ccc2sc(O)c(N)c2c1. The molecule has 0 bridgehead atoms. The summed E-state index contributed by atoms with van der Waals surface area (Å²) in [7, 11) is 0. The van der Waals surface area contributed by atoms with Crippen LogP contribution >= 0.6 is 11.3 Å². The van der Waals surface area contributed by atoms with E-state index in [4.69, 9.17) is 5.73 Å². The van der Waals surface area contributed by atoms with Crippen molar-refractivity contribution in [3.8, 4) is 5.06 Å². The highest BCUT2D eigenvalue weighted by molar-refractivity contribution is 7.21. The van der Waals surface area contributed by atoms with Gasteiger partial charge in [-0.3, -0.25) is 0 Å². The van der Waals surface area contributed by atoms with Gasteiger partial charge in [0.25, 0.3) is 0 Å². The fourth-order valence-corrected chi connectivity index (χ4v) is 2.06. The van der Waals surface area contributed by atoms with Gasteiger partial charge in [0, 0.05) is 10.1 Å². The standard InChI is InChI=1S/C9H9NOS/c1-5-2-3-7-6(4-5)8(10)9(11)12-7/h2-4,11H,10H2,1H3. The van der Waals surface area contributed by atoms with E-state index in [-0.39, 0.29) is 5.06 Å². The minimum absolute atomic E-state index is 0.218. The Bertz CT molecular complexity index is 433. The fraction of sp³-hybridized carbons (Fsp3) is 0.111. The van der Waals surface area contributed by atoms with Gasteiger partial charge in [0.1, 0.15) is 0 Å². The van der Waals surface area contributed by atoms with Crippen molar-refractivity contribution in [2.75, 3.05) is 5.73 Å². The molecule has 0 unspecified atom stereocenters. The van der Waals surface area contributed by atoms with Gasteiger partial charge in [-0.2, -0.15) is 0 Å². The summed E-state index contributed by atoms with van der Waals surface area (Å²) in [5, 5.41) is 10.5. The highest BCUT2D eigenvalue weighted by Crippen LogP contribution is 2.38. The molecule has 3 heteroatoms. The van der Waals surface area contributed by atoms with Gasteiger partial charge >= 0.3 is 0 Å². The third-order valence-corrected chi connectivity index (χ3v) is 2.85. The number of rotatable bonds is 0. The Morgan fingerprint density at radius 1 is 1.42 bits per heavy atom. The molecular formula is C9H9NOS. The summed E-state index contributed by atoms with van der Waals surface area (Å²) in [6, 6.07) is 5.98. The Labute approximate surface area is 74.3 Å². The van der Waals surface area contributed by atoms with Crippen molar-refractivity contribution >= 4 is 27.1 Å². The molecule has 0 atom stereocenters. The molecule has 2 rings (SSSR count). The number of thiophene rings is 1. The Morgan fingerprint density at radius 3 is 2.92 bits per heavy atom. The van der Waals surface area contributed by atoms with Crippen LogP contribution in [0.5, 0.6) is 5.06 Å². The molecule has 2 aromatic rings. The normalized spacial score (nSPS) is 10.8. The summed E-state index contributed by atoms with van der Waals surface area (Å²) in [4.78, 5) is 0. The minimum Gasteiger partial charge on any atom is -0.498 e. The summed E-state index contributed by atoms with van der Waals surface area (Å²) in [6.45, 7) is 2.01. The van der Waals surface area contributed by atoms with Crippen LogP contribution in [0.4, 0.5) is 5.69 Å². The lowest BCUT2D eigenvalue weighted by atomic mass is 10.2. The number of hydrogen-bond donors (Lipinski definition) is 2. The molecule has 1 heterocycles. The van der Waals surface area contributed by atoms with Crippen LogP contribution in [0.2, 0.25) is 0 Å². The van der Waals surface area contributed by atoms with E-state index in [9.17, 15) is 5.11 Å². The summed E-state index contributed by atoms with van der Waals surface area (Å²) < 4.78 is 1.04. The Kier molecular flexibility index (Phi) is 1.48. The molecular weight excluding hydrogens is 170 g/mol. The first-order chi connectivity index (χ1) is 5.68. The highest BCUT2D eigenvalue weighted by atomic mass is 32.1. The lowest BCUT2D eigenvalue weighted by molar-refractivity contribution is 0.493. The predicted octanol–water partition coefficient (Wildman–Crippen LogP) is 2.50. The number of nitrogen functional groups attached to an aromatic ring is 1. The molecule has 0 saturated heterocycles. The van der Waals surface area contributed by atoms with E-state index in [1.54, 1.807) is 0 Å². The topological polar surface area (TPSA) is 46.2 Å². The number of aromatic hydroxyl groups is 1. The lowest BCUT2D eigenvalue weighted by Crippen LogP contribution is -1.81. The lowest BCUT2D eigenvalue weighted by Gasteiger charge is -1.92. The largest absolute Gasteiger partial charge is 0.498 e. The van der Waals surface area contributed by atoms with Crippen molar-refractivity contribution in [3.63, 3.8) is 0 Å². The molecule has 1 aromatic heterocycles. The predicted molar refractivity (Wildman–Crippen MR) is 52.6 cm³/mol. The van der Waals surface area contributed by atoms with Gasteiger partial charge in [-0.05, 0) is 19.1 Å². The molecule has 12 heavy (non-hydrogen) atoms. The molecule has 0 aliphatic heterocycles. The number of fused-ring (bicyclic) bond motifs is 1. The molecule has 0 fully saturated rings. The summed E-state index contributed by atoms with van der Waals surface area (Å²) in [5.74, 6) is 0. The fourth-order valence-electron chi connectivity index (χ4n) is 1.22. The number of aryl methyl sites for hydroxylation is 1. The molecule has 0 spiro atoms. The van der Waals surface area contributed by atoms with Crippen molar-refractivity contribution in [3.05, 3.63) is 23.8 Å². The molecule has 0 amide bonds. The van der Waals surface area contributed by atoms with Crippen LogP contribution in [0, 0.1) is 6.92 Å². The smallest absolute Gasteiger partial charge is 0.196 e. The zero-order chi connectivity index (χ0) is 8.72. The van der Waals surface area contributed by atoms with Gasteiger partial charge in [-0.25, -0.2) is 0 Å². The summed E-state index contributed by atoms with van der Waals surface area (Å²) in [5.41, 5.74) is 7.33. The maximum Gasteiger partial charge on any atom is 0.196 e. The van der Waals surface area contributed by atoms with Gasteiger partial charge in [0.2, 0.25) is 0 Å². The zero-order valence-electron chi connectivity index (χ0n) is 6.66. The Morgan fingerprint density at radius 2 is 2.17 bits per heavy atom. The molecule has 0 saturated carbocycles. The van der Waals surface area contributed by atoms with Crippen LogP contribution < -0.4 is 5.73 Å². The second kappa shape index (κ2) is 2.38. The van der Waals surface area contributed by atoms with E-state index < -0.39 is 0 Å². The van der Waals surface area contributed by atoms with Gasteiger partial charge in [-0.15, -0.1) is 0 Å². The average molecular weight is 179 g/mol. The van der Waals surface area contributed by atoms with Crippen LogP contribution in [0.25, 0.3) is 10.1 Å². The van der Waals surface area contributed by atoms with E-state index in [2.05, 4.69) is 0 Å². The van der Waals surface area contributed by atoms with E-state index in [1.807, 2.05) is 25.1 Å². The van der Waals surface area contributed by atoms with Gasteiger partial charge in [-0.1, -0.05) is 23.0 Å². The number of hydrogen-bond acceptors (Lipinski definition) is 3. The van der Waals surface area contributed by atoms with Crippen molar-refractivity contribution in [1.82, 2.24) is 0 Å². The summed E-state index contributed by atoms with van der Waals surface area (Å²) >= 11 is 1.32. The maximum atomic E-state index is 9.33. The molecule has 0 aliphatic rings. The van der Waals surface area contributed by atoms with Crippen molar-refractivity contribution < 1.29 is 5.11 Å². The van der Waals surface area contributed by atoms with Crippen molar-refractivity contribution in [2.24, 2.45) is 0 Å². The van der Waals surface area contributed by atoms with E-state index >= 15 is 0 Å². The Balaban J connectivity index is 2.88. The number of anilines is 1. The first-order valence-corrected chi connectivity index (χ1v) is 4.48. The van der Waals surface area contributed by atoms with Gasteiger partial charge < -0.3 is 10.8 Å². The van der Waals surface area contributed by atoms with Crippen LogP contribution in [0.3, 0.4) is 0 Å². The average Bonchev–Trinajstić information content (AvgIpc) is 2.31. The highest BCUT2D eigenvalue weighted by Gasteiger charge is 2.06. The molecule has 0 radical (unpaired) electrons. The first kappa shape index (κ1) is 7.43. The zero-order valence-corrected chi connectivity index (χ0v) is 7.48. The van der Waals surface area contributed by atoms with E-state index in [0.717, 1.165) is 15.6 Å². The third-order valence-electron chi connectivity index (χ3n) is 1.86. The molecule has 3 N–H and O–H groups in total. The van der Waals surface area contributed by atoms with Gasteiger partial charge in [0.15, 0.2) is 5.06 Å². The second-order valence-corrected chi connectivity index (χ2v) is 3.85. The Hall–Kier alpha value is -1.22. The van der Waals surface area contributed by atoms with E-state index in [1.165, 1.54) is 11.3 Å². The second-order valence-electron chi connectivity index (χ2n) is 2.82. The number of nitrogens with two attached hydrogens (primary N) is 1. The molecule has 1 aromatic carbocycles. The monoisotopic (exact) mass is 179 g/mol. The first-order valence-electron chi connectivity index (χ1n) is 3.66. The van der Waals surface area contributed by atoms with E-state index in [0.29, 0.717) is 5.69 Å². The maximum absolute atomic E-state index is 9.33. The molecule has 0 aliphatic carbocycles. The van der Waals surface area contributed by atoms with Crippen molar-refractivity contribution in [2.45, 2.75) is 6.92 Å².